The molecular formula is C15H16O5. The first-order valence-electron chi connectivity index (χ1n) is 6.08. The Morgan fingerprint density at radius 1 is 1.20 bits per heavy atom. The predicted molar refractivity (Wildman–Crippen MR) is 72.1 cm³/mol. The van der Waals surface area contributed by atoms with Crippen LogP contribution < -0.4 is 9.47 Å². The van der Waals surface area contributed by atoms with Crippen molar-refractivity contribution in [2.24, 2.45) is 0 Å². The van der Waals surface area contributed by atoms with Crippen molar-refractivity contribution >= 4 is 5.97 Å². The summed E-state index contributed by atoms with van der Waals surface area (Å²) >= 11 is 0. The molecule has 106 valence electrons. The van der Waals surface area contributed by atoms with E-state index < -0.39 is 5.97 Å². The van der Waals surface area contributed by atoms with Gasteiger partial charge in [-0.15, -0.1) is 0 Å². The minimum atomic E-state index is -0.451. The van der Waals surface area contributed by atoms with Crippen LogP contribution in [0.15, 0.2) is 34.9 Å². The van der Waals surface area contributed by atoms with Crippen molar-refractivity contribution in [2.75, 3.05) is 14.2 Å². The summed E-state index contributed by atoms with van der Waals surface area (Å²) in [6.45, 7) is 2.09. The first-order valence-corrected chi connectivity index (χ1v) is 6.08. The van der Waals surface area contributed by atoms with E-state index in [1.165, 1.54) is 13.4 Å². The highest BCUT2D eigenvalue weighted by Gasteiger charge is 2.16. The average molecular weight is 276 g/mol. The number of carbonyl (C=O) groups excluding carboxylic acids is 1. The Bertz CT molecular complexity index is 600. The molecule has 0 aliphatic heterocycles. The van der Waals surface area contributed by atoms with Crippen LogP contribution in [0.5, 0.6) is 11.5 Å². The van der Waals surface area contributed by atoms with Gasteiger partial charge in [-0.05, 0) is 30.7 Å². The van der Waals surface area contributed by atoms with Crippen molar-refractivity contribution in [3.8, 4) is 11.5 Å². The lowest BCUT2D eigenvalue weighted by Gasteiger charge is -2.10. The van der Waals surface area contributed by atoms with Crippen LogP contribution in [0, 0.1) is 6.92 Å². The Kier molecular flexibility index (Phi) is 4.30. The van der Waals surface area contributed by atoms with Crippen LogP contribution in [-0.4, -0.2) is 20.2 Å². The zero-order chi connectivity index (χ0) is 14.5. The molecular weight excluding hydrogens is 260 g/mol. The van der Waals surface area contributed by atoms with E-state index in [0.29, 0.717) is 22.8 Å². The number of benzene rings is 1. The minimum absolute atomic E-state index is 0.122. The standard InChI is InChI=1S/C15H16O5/c1-10-4-5-12(13(8-10)17-2)20-9-14-11(6-7-19-14)15(16)18-3/h4-8H,9H2,1-3H3. The summed E-state index contributed by atoms with van der Waals surface area (Å²) in [7, 11) is 2.90. The number of furan rings is 1. The summed E-state index contributed by atoms with van der Waals surface area (Å²) in [5, 5.41) is 0. The molecule has 0 aliphatic rings. The fraction of sp³-hybridized carbons (Fsp3) is 0.267. The van der Waals surface area contributed by atoms with E-state index in [4.69, 9.17) is 13.9 Å². The van der Waals surface area contributed by atoms with E-state index in [2.05, 4.69) is 4.74 Å². The molecule has 1 heterocycles. The molecule has 0 aliphatic carbocycles. The average Bonchev–Trinajstić information content (AvgIpc) is 2.93. The van der Waals surface area contributed by atoms with Gasteiger partial charge in [-0.1, -0.05) is 6.07 Å². The lowest BCUT2D eigenvalue weighted by molar-refractivity contribution is 0.0595. The number of aryl methyl sites for hydroxylation is 1. The lowest BCUT2D eigenvalue weighted by Crippen LogP contribution is -2.05. The van der Waals surface area contributed by atoms with Crippen LogP contribution >= 0.6 is 0 Å². The lowest BCUT2D eigenvalue weighted by atomic mass is 10.2. The number of carbonyl (C=O) groups is 1. The molecule has 1 aromatic carbocycles. The van der Waals surface area contributed by atoms with Gasteiger partial charge in [0.2, 0.25) is 0 Å². The van der Waals surface area contributed by atoms with Gasteiger partial charge in [0.15, 0.2) is 17.3 Å². The molecule has 0 fully saturated rings. The zero-order valence-electron chi connectivity index (χ0n) is 11.6. The smallest absolute Gasteiger partial charge is 0.341 e. The van der Waals surface area contributed by atoms with Crippen molar-refractivity contribution in [3.05, 3.63) is 47.4 Å². The normalized spacial score (nSPS) is 10.2. The Hall–Kier alpha value is -2.43. The first-order chi connectivity index (χ1) is 9.65. The largest absolute Gasteiger partial charge is 0.493 e. The molecule has 1 aromatic heterocycles. The second-order valence-corrected chi connectivity index (χ2v) is 4.19. The van der Waals surface area contributed by atoms with E-state index in [1.54, 1.807) is 13.2 Å². The van der Waals surface area contributed by atoms with Gasteiger partial charge in [0.05, 0.1) is 20.5 Å². The molecule has 0 bridgehead atoms. The van der Waals surface area contributed by atoms with E-state index >= 15 is 0 Å². The van der Waals surface area contributed by atoms with Gasteiger partial charge in [-0.25, -0.2) is 4.79 Å². The van der Waals surface area contributed by atoms with E-state index in [9.17, 15) is 4.79 Å². The monoisotopic (exact) mass is 276 g/mol. The molecule has 5 nitrogen and oxygen atoms in total. The molecule has 2 aromatic rings. The van der Waals surface area contributed by atoms with Crippen molar-refractivity contribution in [2.45, 2.75) is 13.5 Å². The molecule has 20 heavy (non-hydrogen) atoms. The SMILES string of the molecule is COC(=O)c1ccoc1COc1ccc(C)cc1OC. The van der Waals surface area contributed by atoms with E-state index in [1.807, 2.05) is 25.1 Å². The maximum absolute atomic E-state index is 11.5. The highest BCUT2D eigenvalue weighted by molar-refractivity contribution is 5.90. The summed E-state index contributed by atoms with van der Waals surface area (Å²) < 4.78 is 20.8. The highest BCUT2D eigenvalue weighted by atomic mass is 16.5. The third-order valence-corrected chi connectivity index (χ3v) is 2.83. The molecule has 0 radical (unpaired) electrons. The number of hydrogen-bond donors (Lipinski definition) is 0. The van der Waals surface area contributed by atoms with Crippen LogP contribution in [0.25, 0.3) is 0 Å². The molecule has 0 atom stereocenters. The zero-order valence-corrected chi connectivity index (χ0v) is 11.6. The Labute approximate surface area is 117 Å². The van der Waals surface area contributed by atoms with E-state index in [-0.39, 0.29) is 6.61 Å². The number of ether oxygens (including phenoxy) is 3. The number of hydrogen-bond acceptors (Lipinski definition) is 5. The maximum Gasteiger partial charge on any atom is 0.341 e. The van der Waals surface area contributed by atoms with Crippen molar-refractivity contribution in [1.29, 1.82) is 0 Å². The number of methoxy groups -OCH3 is 2. The van der Waals surface area contributed by atoms with Crippen molar-refractivity contribution < 1.29 is 23.4 Å². The van der Waals surface area contributed by atoms with Gasteiger partial charge >= 0.3 is 5.97 Å². The molecule has 0 spiro atoms. The first kappa shape index (κ1) is 14.0. The molecule has 0 N–H and O–H groups in total. The van der Waals surface area contributed by atoms with Crippen LogP contribution in [-0.2, 0) is 11.3 Å². The Morgan fingerprint density at radius 3 is 2.70 bits per heavy atom. The minimum Gasteiger partial charge on any atom is -0.493 e. The summed E-state index contributed by atoms with van der Waals surface area (Å²) in [6.07, 6.45) is 1.43. The predicted octanol–water partition coefficient (Wildman–Crippen LogP) is 2.96. The second kappa shape index (κ2) is 6.14. The van der Waals surface area contributed by atoms with Gasteiger partial charge in [0.25, 0.3) is 0 Å². The highest BCUT2D eigenvalue weighted by Crippen LogP contribution is 2.29. The molecule has 0 saturated heterocycles. The van der Waals surface area contributed by atoms with Gasteiger partial charge in [0, 0.05) is 0 Å². The van der Waals surface area contributed by atoms with E-state index in [0.717, 1.165) is 5.56 Å². The maximum atomic E-state index is 11.5. The molecule has 5 heteroatoms. The van der Waals surface area contributed by atoms with Crippen LogP contribution in [0.1, 0.15) is 21.7 Å². The fourth-order valence-electron chi connectivity index (χ4n) is 1.78. The Balaban J connectivity index is 2.13. The van der Waals surface area contributed by atoms with Crippen LogP contribution in [0.4, 0.5) is 0 Å². The molecule has 0 saturated carbocycles. The van der Waals surface area contributed by atoms with Crippen LogP contribution in [0.3, 0.4) is 0 Å². The molecule has 2 rings (SSSR count). The quantitative estimate of drug-likeness (QED) is 0.786. The van der Waals surface area contributed by atoms with Crippen LogP contribution in [0.2, 0.25) is 0 Å². The van der Waals surface area contributed by atoms with Gasteiger partial charge < -0.3 is 18.6 Å². The van der Waals surface area contributed by atoms with Gasteiger partial charge in [-0.3, -0.25) is 0 Å². The molecule has 0 amide bonds. The fourth-order valence-corrected chi connectivity index (χ4v) is 1.78. The van der Waals surface area contributed by atoms with Gasteiger partial charge in [-0.2, -0.15) is 0 Å². The summed E-state index contributed by atoms with van der Waals surface area (Å²) in [5.74, 6) is 1.19. The summed E-state index contributed by atoms with van der Waals surface area (Å²) in [4.78, 5) is 11.5. The number of rotatable bonds is 5. The van der Waals surface area contributed by atoms with Crippen molar-refractivity contribution in [1.82, 2.24) is 0 Å². The number of esters is 1. The Morgan fingerprint density at radius 2 is 2.00 bits per heavy atom. The third-order valence-electron chi connectivity index (χ3n) is 2.83. The summed E-state index contributed by atoms with van der Waals surface area (Å²) in [6, 6.07) is 7.16. The third kappa shape index (κ3) is 2.93. The second-order valence-electron chi connectivity index (χ2n) is 4.19. The van der Waals surface area contributed by atoms with Gasteiger partial charge in [0.1, 0.15) is 12.2 Å². The van der Waals surface area contributed by atoms with Crippen molar-refractivity contribution in [3.63, 3.8) is 0 Å². The summed E-state index contributed by atoms with van der Waals surface area (Å²) in [5.41, 5.74) is 1.43. The molecule has 0 unspecified atom stereocenters. The topological polar surface area (TPSA) is 57.9 Å².